The Morgan fingerprint density at radius 2 is 2.38 bits per heavy atom. The van der Waals surface area contributed by atoms with Crippen molar-refractivity contribution < 1.29 is 0 Å². The van der Waals surface area contributed by atoms with Crippen LogP contribution in [0.4, 0.5) is 0 Å². The van der Waals surface area contributed by atoms with Gasteiger partial charge in [0.2, 0.25) is 0 Å². The van der Waals surface area contributed by atoms with Crippen molar-refractivity contribution in [2.24, 2.45) is 7.05 Å². The first-order valence-electron chi connectivity index (χ1n) is 4.78. The lowest BCUT2D eigenvalue weighted by atomic mass is 10.4. The summed E-state index contributed by atoms with van der Waals surface area (Å²) in [5.74, 6) is 0.431. The molecular weight excluding hydrogens is 248 g/mol. The van der Waals surface area contributed by atoms with E-state index in [2.05, 4.69) is 10.1 Å². The van der Waals surface area contributed by atoms with Crippen LogP contribution in [0.25, 0.3) is 0 Å². The zero-order valence-corrected chi connectivity index (χ0v) is 10.3. The summed E-state index contributed by atoms with van der Waals surface area (Å²) in [4.78, 5) is 15.8. The molecule has 2 aromatic heterocycles. The predicted molar refractivity (Wildman–Crippen MR) is 62.8 cm³/mol. The van der Waals surface area contributed by atoms with Gasteiger partial charge >= 0.3 is 5.69 Å². The molecule has 0 bridgehead atoms. The molecule has 86 valence electrons. The van der Waals surface area contributed by atoms with Crippen LogP contribution in [0.1, 0.15) is 10.7 Å². The first kappa shape index (κ1) is 11.3. The van der Waals surface area contributed by atoms with Crippen LogP contribution in [0.5, 0.6) is 0 Å². The van der Waals surface area contributed by atoms with Gasteiger partial charge in [-0.3, -0.25) is 4.57 Å². The van der Waals surface area contributed by atoms with Gasteiger partial charge in [-0.1, -0.05) is 0 Å². The van der Waals surface area contributed by atoms with Crippen molar-refractivity contribution in [1.29, 1.82) is 0 Å². The van der Waals surface area contributed by atoms with Crippen LogP contribution >= 0.6 is 22.9 Å². The smallest absolute Gasteiger partial charge is 0.285 e. The quantitative estimate of drug-likeness (QED) is 0.770. The summed E-state index contributed by atoms with van der Waals surface area (Å²) >= 11 is 7.22. The van der Waals surface area contributed by atoms with Gasteiger partial charge in [-0.25, -0.2) is 14.5 Å². The van der Waals surface area contributed by atoms with Crippen LogP contribution in [-0.4, -0.2) is 19.3 Å². The van der Waals surface area contributed by atoms with Gasteiger partial charge in [-0.05, 0) is 0 Å². The number of rotatable bonds is 4. The third-order valence-corrected chi connectivity index (χ3v) is 3.39. The van der Waals surface area contributed by atoms with Gasteiger partial charge in [0, 0.05) is 18.8 Å². The zero-order valence-electron chi connectivity index (χ0n) is 8.76. The van der Waals surface area contributed by atoms with Gasteiger partial charge in [0.25, 0.3) is 0 Å². The molecule has 2 heterocycles. The van der Waals surface area contributed by atoms with Crippen molar-refractivity contribution in [3.05, 3.63) is 32.9 Å². The van der Waals surface area contributed by atoms with E-state index in [1.54, 1.807) is 18.4 Å². The Bertz CT molecular complexity index is 530. The SMILES string of the molecule is Cn1cnn(CCc2nc(CCl)cs2)c1=O. The molecule has 5 nitrogen and oxygen atoms in total. The lowest BCUT2D eigenvalue weighted by Gasteiger charge is -1.96. The van der Waals surface area contributed by atoms with E-state index in [0.29, 0.717) is 18.8 Å². The monoisotopic (exact) mass is 258 g/mol. The molecule has 0 spiro atoms. The van der Waals surface area contributed by atoms with E-state index in [-0.39, 0.29) is 5.69 Å². The number of halogens is 1. The fourth-order valence-corrected chi connectivity index (χ4v) is 2.32. The third-order valence-electron chi connectivity index (χ3n) is 2.16. The molecular formula is C9H11ClN4OS. The molecule has 2 aromatic rings. The summed E-state index contributed by atoms with van der Waals surface area (Å²) in [6, 6.07) is 0. The Labute approximate surface area is 101 Å². The molecule has 0 aromatic carbocycles. The summed E-state index contributed by atoms with van der Waals surface area (Å²) < 4.78 is 2.88. The highest BCUT2D eigenvalue weighted by Crippen LogP contribution is 2.12. The highest BCUT2D eigenvalue weighted by atomic mass is 35.5. The van der Waals surface area contributed by atoms with E-state index in [1.165, 1.54) is 15.6 Å². The molecule has 0 fully saturated rings. The van der Waals surface area contributed by atoms with Crippen molar-refractivity contribution in [2.45, 2.75) is 18.8 Å². The van der Waals surface area contributed by atoms with Crippen molar-refractivity contribution in [3.63, 3.8) is 0 Å². The summed E-state index contributed by atoms with van der Waals surface area (Å²) in [6.45, 7) is 0.551. The van der Waals surface area contributed by atoms with Crippen molar-refractivity contribution in [1.82, 2.24) is 19.3 Å². The van der Waals surface area contributed by atoms with Crippen molar-refractivity contribution in [2.75, 3.05) is 0 Å². The van der Waals surface area contributed by atoms with E-state index in [0.717, 1.165) is 10.7 Å². The van der Waals surface area contributed by atoms with E-state index in [1.807, 2.05) is 5.38 Å². The molecule has 16 heavy (non-hydrogen) atoms. The molecule has 0 aliphatic rings. The zero-order chi connectivity index (χ0) is 11.5. The van der Waals surface area contributed by atoms with Crippen molar-refractivity contribution >= 4 is 22.9 Å². The highest BCUT2D eigenvalue weighted by Gasteiger charge is 2.04. The predicted octanol–water partition coefficient (Wildman–Crippen LogP) is 1.02. The minimum absolute atomic E-state index is 0.103. The molecule has 0 unspecified atom stereocenters. The second-order valence-electron chi connectivity index (χ2n) is 3.36. The maximum absolute atomic E-state index is 11.5. The van der Waals surface area contributed by atoms with Gasteiger partial charge in [0.15, 0.2) is 0 Å². The second kappa shape index (κ2) is 4.80. The molecule has 0 aliphatic carbocycles. The number of hydrogen-bond donors (Lipinski definition) is 0. The first-order chi connectivity index (χ1) is 7.70. The van der Waals surface area contributed by atoms with Gasteiger partial charge in [0.1, 0.15) is 6.33 Å². The Morgan fingerprint density at radius 3 is 2.94 bits per heavy atom. The van der Waals surface area contributed by atoms with Gasteiger partial charge in [-0.2, -0.15) is 5.10 Å². The Kier molecular flexibility index (Phi) is 3.40. The fourth-order valence-electron chi connectivity index (χ4n) is 1.30. The summed E-state index contributed by atoms with van der Waals surface area (Å²) in [6.07, 6.45) is 2.22. The molecule has 0 saturated heterocycles. The molecule has 0 N–H and O–H groups in total. The van der Waals surface area contributed by atoms with E-state index >= 15 is 0 Å². The van der Waals surface area contributed by atoms with Crippen LogP contribution in [-0.2, 0) is 25.9 Å². The van der Waals surface area contributed by atoms with Crippen LogP contribution in [0.3, 0.4) is 0 Å². The summed E-state index contributed by atoms with van der Waals surface area (Å²) in [5.41, 5.74) is 0.782. The lowest BCUT2D eigenvalue weighted by Crippen LogP contribution is -2.23. The van der Waals surface area contributed by atoms with E-state index in [4.69, 9.17) is 11.6 Å². The largest absolute Gasteiger partial charge is 0.345 e. The molecule has 0 amide bonds. The molecule has 2 rings (SSSR count). The van der Waals surface area contributed by atoms with E-state index in [9.17, 15) is 4.79 Å². The normalized spacial score (nSPS) is 10.9. The number of aryl methyl sites for hydroxylation is 3. The molecule has 7 heteroatoms. The van der Waals surface area contributed by atoms with Crippen LogP contribution in [0.2, 0.25) is 0 Å². The Morgan fingerprint density at radius 1 is 1.56 bits per heavy atom. The standard InChI is InChI=1S/C9H11ClN4OS/c1-13-6-11-14(9(13)15)3-2-8-12-7(4-10)5-16-8/h5-6H,2-4H2,1H3. The average Bonchev–Trinajstić information content (AvgIpc) is 2.86. The average molecular weight is 259 g/mol. The highest BCUT2D eigenvalue weighted by molar-refractivity contribution is 7.09. The van der Waals surface area contributed by atoms with Gasteiger partial charge in [0.05, 0.1) is 23.1 Å². The number of aromatic nitrogens is 4. The van der Waals surface area contributed by atoms with Crippen LogP contribution < -0.4 is 5.69 Å². The number of thiazole rings is 1. The van der Waals surface area contributed by atoms with Crippen LogP contribution in [0, 0.1) is 0 Å². The Hall–Kier alpha value is -1.14. The van der Waals surface area contributed by atoms with Crippen molar-refractivity contribution in [3.8, 4) is 0 Å². The summed E-state index contributed by atoms with van der Waals surface area (Å²) in [5, 5.41) is 6.89. The second-order valence-corrected chi connectivity index (χ2v) is 4.57. The minimum Gasteiger partial charge on any atom is -0.285 e. The topological polar surface area (TPSA) is 52.7 Å². The molecule has 0 atom stereocenters. The number of hydrogen-bond acceptors (Lipinski definition) is 4. The number of alkyl halides is 1. The van der Waals surface area contributed by atoms with Crippen LogP contribution in [0.15, 0.2) is 16.5 Å². The molecule has 0 saturated carbocycles. The fraction of sp³-hybridized carbons (Fsp3) is 0.444. The number of nitrogens with zero attached hydrogens (tertiary/aromatic N) is 4. The maximum atomic E-state index is 11.5. The summed E-state index contributed by atoms with van der Waals surface area (Å²) in [7, 11) is 1.68. The van der Waals surface area contributed by atoms with E-state index < -0.39 is 0 Å². The maximum Gasteiger partial charge on any atom is 0.345 e. The lowest BCUT2D eigenvalue weighted by molar-refractivity contribution is 0.583. The third kappa shape index (κ3) is 2.33. The Balaban J connectivity index is 2.02. The minimum atomic E-state index is -0.103. The molecule has 0 aliphatic heterocycles. The first-order valence-corrected chi connectivity index (χ1v) is 6.20. The van der Waals surface area contributed by atoms with Gasteiger partial charge < -0.3 is 0 Å². The molecule has 0 radical (unpaired) electrons. The van der Waals surface area contributed by atoms with Gasteiger partial charge in [-0.15, -0.1) is 22.9 Å².